The van der Waals surface area contributed by atoms with Gasteiger partial charge in [-0.15, -0.1) is 0 Å². The molecule has 0 spiro atoms. The average Bonchev–Trinajstić information content (AvgIpc) is 2.92. The zero-order valence-electron chi connectivity index (χ0n) is 12.3. The molecule has 0 aromatic rings. The maximum atomic E-state index is 9.92. The summed E-state index contributed by atoms with van der Waals surface area (Å²) >= 11 is 0. The van der Waals surface area contributed by atoms with Crippen molar-refractivity contribution in [3.05, 3.63) is 35.5 Å². The van der Waals surface area contributed by atoms with Crippen LogP contribution >= 0.6 is 0 Å². The predicted octanol–water partition coefficient (Wildman–Crippen LogP) is 2.65. The van der Waals surface area contributed by atoms with Gasteiger partial charge in [0.25, 0.3) is 5.97 Å². The van der Waals surface area contributed by atoms with Crippen molar-refractivity contribution in [2.45, 2.75) is 50.9 Å². The second-order valence-corrected chi connectivity index (χ2v) is 7.29. The van der Waals surface area contributed by atoms with Crippen LogP contribution in [0.2, 0.25) is 0 Å². The second kappa shape index (κ2) is 4.55. The Morgan fingerprint density at radius 2 is 1.90 bits per heavy atom. The van der Waals surface area contributed by atoms with Gasteiger partial charge in [0.1, 0.15) is 0 Å². The molecule has 1 unspecified atom stereocenters. The van der Waals surface area contributed by atoms with Crippen LogP contribution in [0.15, 0.2) is 35.5 Å². The average molecular weight is 288 g/mol. The number of hydrogen-bond acceptors (Lipinski definition) is 3. The number of aliphatic hydroxyl groups is 3. The fraction of sp³-hybridized carbons (Fsp3) is 0.667. The highest BCUT2D eigenvalue weighted by Crippen LogP contribution is 2.59. The Bertz CT molecular complexity index is 537. The molecule has 0 amide bonds. The summed E-state index contributed by atoms with van der Waals surface area (Å²) in [7, 11) is 0. The molecule has 0 aromatic heterocycles. The number of allylic oxidation sites excluding steroid dienone is 4. The monoisotopic (exact) mass is 288 g/mol. The Morgan fingerprint density at radius 3 is 2.71 bits per heavy atom. The lowest BCUT2D eigenvalue weighted by molar-refractivity contribution is -0.357. The highest BCUT2D eigenvalue weighted by atomic mass is 16.7. The lowest BCUT2D eigenvalue weighted by Crippen LogP contribution is -2.51. The molecule has 3 nitrogen and oxygen atoms in total. The Kier molecular flexibility index (Phi) is 2.97. The molecule has 0 saturated heterocycles. The molecule has 4 atom stereocenters. The van der Waals surface area contributed by atoms with E-state index >= 15 is 0 Å². The fourth-order valence-corrected chi connectivity index (χ4v) is 5.36. The number of hydrogen-bond donors (Lipinski definition) is 3. The van der Waals surface area contributed by atoms with Crippen LogP contribution in [0.3, 0.4) is 0 Å². The number of fused-ring (bicyclic) bond motifs is 5. The molecule has 4 aliphatic rings. The van der Waals surface area contributed by atoms with Gasteiger partial charge in [0.05, 0.1) is 5.41 Å². The van der Waals surface area contributed by atoms with Crippen LogP contribution in [0.4, 0.5) is 0 Å². The van der Waals surface area contributed by atoms with Gasteiger partial charge in [-0.05, 0) is 61.0 Å². The highest BCUT2D eigenvalue weighted by molar-refractivity contribution is 5.51. The zero-order valence-corrected chi connectivity index (χ0v) is 12.3. The third-order valence-corrected chi connectivity index (χ3v) is 6.41. The zero-order chi connectivity index (χ0) is 14.7. The molecule has 4 rings (SSSR count). The van der Waals surface area contributed by atoms with Crippen molar-refractivity contribution in [3.63, 3.8) is 0 Å². The first-order valence-electron chi connectivity index (χ1n) is 8.30. The second-order valence-electron chi connectivity index (χ2n) is 7.29. The van der Waals surface area contributed by atoms with Crippen LogP contribution in [0, 0.1) is 23.2 Å². The molecule has 0 aromatic carbocycles. The van der Waals surface area contributed by atoms with Crippen molar-refractivity contribution >= 4 is 0 Å². The highest BCUT2D eigenvalue weighted by Gasteiger charge is 2.56. The molecular formula is C18H24O3. The maximum absolute atomic E-state index is 9.92. The molecule has 0 bridgehead atoms. The predicted molar refractivity (Wildman–Crippen MR) is 79.9 cm³/mol. The quantitative estimate of drug-likeness (QED) is 0.650. The van der Waals surface area contributed by atoms with E-state index < -0.39 is 11.4 Å². The Labute approximate surface area is 125 Å². The van der Waals surface area contributed by atoms with Gasteiger partial charge in [-0.1, -0.05) is 37.1 Å². The summed E-state index contributed by atoms with van der Waals surface area (Å²) in [6.07, 6.45) is 15.9. The first kappa shape index (κ1) is 13.7. The smallest absolute Gasteiger partial charge is 0.289 e. The van der Waals surface area contributed by atoms with Crippen LogP contribution in [0.25, 0.3) is 0 Å². The van der Waals surface area contributed by atoms with Crippen molar-refractivity contribution in [1.29, 1.82) is 0 Å². The summed E-state index contributed by atoms with van der Waals surface area (Å²) in [5.74, 6) is -0.548. The van der Waals surface area contributed by atoms with Crippen molar-refractivity contribution in [2.75, 3.05) is 0 Å². The maximum Gasteiger partial charge on any atom is 0.289 e. The van der Waals surface area contributed by atoms with Gasteiger partial charge < -0.3 is 15.3 Å². The largest absolute Gasteiger partial charge is 0.343 e. The summed E-state index contributed by atoms with van der Waals surface area (Å²) in [5.41, 5.74) is 1.20. The first-order chi connectivity index (χ1) is 10.0. The van der Waals surface area contributed by atoms with Crippen molar-refractivity contribution in [2.24, 2.45) is 23.2 Å². The van der Waals surface area contributed by atoms with E-state index in [0.717, 1.165) is 30.3 Å². The lowest BCUT2D eigenvalue weighted by atomic mass is 9.56. The van der Waals surface area contributed by atoms with Crippen LogP contribution in [0.1, 0.15) is 44.9 Å². The third kappa shape index (κ3) is 1.84. The van der Waals surface area contributed by atoms with Crippen LogP contribution in [-0.2, 0) is 0 Å². The SMILES string of the molecule is OC(O)(O)[C@@]12C=CC=C1C1=CCC3CCCC[C@@H]3[C@H]1CC2. The summed E-state index contributed by atoms with van der Waals surface area (Å²) < 4.78 is 0. The minimum absolute atomic E-state index is 0.547. The summed E-state index contributed by atoms with van der Waals surface area (Å²) in [4.78, 5) is 0. The molecule has 4 aliphatic carbocycles. The summed E-state index contributed by atoms with van der Waals surface area (Å²) in [6, 6.07) is 0. The molecule has 21 heavy (non-hydrogen) atoms. The van der Waals surface area contributed by atoms with E-state index in [1.807, 2.05) is 12.2 Å². The molecule has 0 aliphatic heterocycles. The van der Waals surface area contributed by atoms with Gasteiger partial charge in [0, 0.05) is 0 Å². The minimum Gasteiger partial charge on any atom is -0.343 e. The Balaban J connectivity index is 1.73. The molecule has 3 N–H and O–H groups in total. The van der Waals surface area contributed by atoms with Gasteiger partial charge >= 0.3 is 0 Å². The fourth-order valence-electron chi connectivity index (χ4n) is 5.36. The van der Waals surface area contributed by atoms with E-state index in [2.05, 4.69) is 6.08 Å². The molecule has 0 radical (unpaired) electrons. The van der Waals surface area contributed by atoms with Crippen LogP contribution < -0.4 is 0 Å². The van der Waals surface area contributed by atoms with E-state index in [4.69, 9.17) is 0 Å². The summed E-state index contributed by atoms with van der Waals surface area (Å²) in [6.45, 7) is 0. The third-order valence-electron chi connectivity index (χ3n) is 6.41. The van der Waals surface area contributed by atoms with E-state index in [9.17, 15) is 15.3 Å². The van der Waals surface area contributed by atoms with Gasteiger partial charge in [0.15, 0.2) is 0 Å². The molecule has 2 fully saturated rings. The summed E-state index contributed by atoms with van der Waals surface area (Å²) in [5, 5.41) is 29.8. The van der Waals surface area contributed by atoms with Crippen molar-refractivity contribution < 1.29 is 15.3 Å². The van der Waals surface area contributed by atoms with Gasteiger partial charge in [-0.3, -0.25) is 0 Å². The van der Waals surface area contributed by atoms with Crippen LogP contribution in [-0.4, -0.2) is 21.3 Å². The Hall–Kier alpha value is -0.900. The molecular weight excluding hydrogens is 264 g/mol. The normalized spacial score (nSPS) is 41.8. The molecule has 114 valence electrons. The van der Waals surface area contributed by atoms with Gasteiger partial charge in [-0.25, -0.2) is 0 Å². The van der Waals surface area contributed by atoms with E-state index in [0.29, 0.717) is 12.3 Å². The van der Waals surface area contributed by atoms with E-state index in [1.54, 1.807) is 6.08 Å². The van der Waals surface area contributed by atoms with Gasteiger partial charge in [-0.2, -0.15) is 0 Å². The number of rotatable bonds is 1. The van der Waals surface area contributed by atoms with Crippen LogP contribution in [0.5, 0.6) is 0 Å². The topological polar surface area (TPSA) is 60.7 Å². The Morgan fingerprint density at radius 1 is 1.10 bits per heavy atom. The standard InChI is InChI=1S/C18H24O3/c19-18(20,21)17-10-3-6-16(17)15-8-7-12-4-1-2-5-13(12)14(15)9-11-17/h3,6,8,10,12-14,19-21H,1-2,4-5,7,9,11H2/t12?,13-,14+,17+/m0/s1. The van der Waals surface area contributed by atoms with Crippen molar-refractivity contribution in [1.82, 2.24) is 0 Å². The minimum atomic E-state index is -2.67. The first-order valence-corrected chi connectivity index (χ1v) is 8.30. The molecule has 0 heterocycles. The van der Waals surface area contributed by atoms with E-state index in [1.165, 1.54) is 31.3 Å². The van der Waals surface area contributed by atoms with Gasteiger partial charge in [0.2, 0.25) is 0 Å². The lowest BCUT2D eigenvalue weighted by Gasteiger charge is -2.50. The molecule has 2 saturated carbocycles. The van der Waals surface area contributed by atoms with Crippen molar-refractivity contribution in [3.8, 4) is 0 Å². The molecule has 3 heteroatoms. The van der Waals surface area contributed by atoms with E-state index in [-0.39, 0.29) is 0 Å².